The maximum Gasteiger partial charge on any atom is 0.137 e. The van der Waals surface area contributed by atoms with Crippen LogP contribution in [0.2, 0.25) is 0 Å². The van der Waals surface area contributed by atoms with Crippen LogP contribution in [-0.4, -0.2) is 0 Å². The number of para-hydroxylation sites is 1. The van der Waals surface area contributed by atoms with Gasteiger partial charge in [-0.2, -0.15) is 0 Å². The van der Waals surface area contributed by atoms with Crippen molar-refractivity contribution in [1.82, 2.24) is 0 Å². The van der Waals surface area contributed by atoms with E-state index in [1.54, 1.807) is 0 Å². The van der Waals surface area contributed by atoms with Gasteiger partial charge in [0.15, 0.2) is 0 Å². The molecule has 0 radical (unpaired) electrons. The Hall–Kier alpha value is -5.64. The third-order valence-electron chi connectivity index (χ3n) is 10.5. The number of aryl methyl sites for hydroxylation is 1. The summed E-state index contributed by atoms with van der Waals surface area (Å²) in [6.45, 7) is 6.92. The summed E-state index contributed by atoms with van der Waals surface area (Å²) >= 11 is 1.87. The monoisotopic (exact) mass is 647 g/mol. The summed E-state index contributed by atoms with van der Waals surface area (Å²) in [4.78, 5) is 2.48. The van der Waals surface area contributed by atoms with E-state index in [1.165, 1.54) is 64.8 Å². The Bertz CT molecular complexity index is 2770. The normalized spacial score (nSPS) is 13.4. The molecule has 10 rings (SSSR count). The maximum atomic E-state index is 6.45. The summed E-state index contributed by atoms with van der Waals surface area (Å²) in [7, 11) is 0. The second-order valence-corrected chi connectivity index (χ2v) is 14.9. The highest BCUT2D eigenvalue weighted by Crippen LogP contribution is 2.53. The van der Waals surface area contributed by atoms with Crippen molar-refractivity contribution in [2.24, 2.45) is 0 Å². The van der Waals surface area contributed by atoms with Crippen molar-refractivity contribution in [3.8, 4) is 22.3 Å². The molecule has 1 aliphatic rings. The fraction of sp³-hybridized carbons (Fsp3) is 0.0870. The van der Waals surface area contributed by atoms with Gasteiger partial charge in [-0.15, -0.1) is 11.3 Å². The molecule has 0 saturated carbocycles. The number of furan rings is 1. The molecule has 0 saturated heterocycles. The fourth-order valence-electron chi connectivity index (χ4n) is 8.15. The molecule has 0 unspecified atom stereocenters. The van der Waals surface area contributed by atoms with Gasteiger partial charge in [0.25, 0.3) is 0 Å². The van der Waals surface area contributed by atoms with Crippen LogP contribution in [0.3, 0.4) is 0 Å². The van der Waals surface area contributed by atoms with Crippen molar-refractivity contribution in [3.63, 3.8) is 0 Å². The highest BCUT2D eigenvalue weighted by atomic mass is 32.1. The molecule has 49 heavy (non-hydrogen) atoms. The second kappa shape index (κ2) is 10.4. The summed E-state index contributed by atoms with van der Waals surface area (Å²) in [6, 6.07) is 53.3. The number of anilines is 3. The standard InChI is InChI=1S/C46H33NOS/c1-28-19-24-42-35(25-28)45-39(15-10-18-43(45)49-42)47(38-14-9-17-41-44(38)33-13-7-8-16-40(33)48-41)31-21-22-32-34-26-30(29-11-5-4-6-12-29)20-23-36(34)46(2,3)37(32)27-31/h4-27H,1-3H3. The zero-order valence-electron chi connectivity index (χ0n) is 27.6. The minimum Gasteiger partial charge on any atom is -0.456 e. The maximum absolute atomic E-state index is 6.45. The molecule has 2 aromatic heterocycles. The second-order valence-electron chi connectivity index (χ2n) is 13.8. The third-order valence-corrected chi connectivity index (χ3v) is 11.7. The Morgan fingerprint density at radius 1 is 0.531 bits per heavy atom. The number of fused-ring (bicyclic) bond motifs is 9. The van der Waals surface area contributed by atoms with Gasteiger partial charge >= 0.3 is 0 Å². The number of hydrogen-bond donors (Lipinski definition) is 0. The molecule has 0 aliphatic heterocycles. The lowest BCUT2D eigenvalue weighted by Gasteiger charge is -2.29. The average molecular weight is 648 g/mol. The number of hydrogen-bond acceptors (Lipinski definition) is 3. The Kier molecular flexibility index (Phi) is 6.04. The van der Waals surface area contributed by atoms with E-state index >= 15 is 0 Å². The number of nitrogens with zero attached hydrogens (tertiary/aromatic N) is 1. The quantitative estimate of drug-likeness (QED) is 0.189. The molecule has 2 nitrogen and oxygen atoms in total. The Morgan fingerprint density at radius 2 is 1.31 bits per heavy atom. The summed E-state index contributed by atoms with van der Waals surface area (Å²) in [6.07, 6.45) is 0. The Morgan fingerprint density at radius 3 is 2.18 bits per heavy atom. The van der Waals surface area contributed by atoms with Gasteiger partial charge in [0.1, 0.15) is 11.2 Å². The van der Waals surface area contributed by atoms with Crippen LogP contribution in [0.25, 0.3) is 64.4 Å². The molecule has 0 fully saturated rings. The molecule has 0 atom stereocenters. The zero-order valence-corrected chi connectivity index (χ0v) is 28.4. The van der Waals surface area contributed by atoms with Gasteiger partial charge in [0, 0.05) is 36.7 Å². The highest BCUT2D eigenvalue weighted by Gasteiger charge is 2.36. The summed E-state index contributed by atoms with van der Waals surface area (Å²) < 4.78 is 9.04. The first-order valence-corrected chi connectivity index (χ1v) is 17.7. The first kappa shape index (κ1) is 28.4. The molecule has 0 spiro atoms. The van der Waals surface area contributed by atoms with Crippen LogP contribution < -0.4 is 4.90 Å². The molecule has 9 aromatic rings. The van der Waals surface area contributed by atoms with Crippen molar-refractivity contribution in [1.29, 1.82) is 0 Å². The van der Waals surface area contributed by atoms with E-state index in [2.05, 4.69) is 165 Å². The van der Waals surface area contributed by atoms with Gasteiger partial charge < -0.3 is 9.32 Å². The van der Waals surface area contributed by atoms with Crippen molar-refractivity contribution >= 4 is 70.5 Å². The smallest absolute Gasteiger partial charge is 0.137 e. The van der Waals surface area contributed by atoms with E-state index in [1.807, 2.05) is 17.4 Å². The molecule has 1 aliphatic carbocycles. The molecular formula is C46H33NOS. The third kappa shape index (κ3) is 4.19. The first-order chi connectivity index (χ1) is 24.0. The van der Waals surface area contributed by atoms with Crippen molar-refractivity contribution in [2.75, 3.05) is 4.90 Å². The molecular weight excluding hydrogens is 615 g/mol. The number of benzene rings is 7. The number of thiophene rings is 1. The Labute approximate surface area is 289 Å². The largest absolute Gasteiger partial charge is 0.456 e. The predicted octanol–water partition coefficient (Wildman–Crippen LogP) is 13.7. The van der Waals surface area contributed by atoms with Gasteiger partial charge in [-0.3, -0.25) is 0 Å². The molecule has 234 valence electrons. The minimum absolute atomic E-state index is 0.159. The molecule has 2 heterocycles. The molecule has 0 N–H and O–H groups in total. The van der Waals surface area contributed by atoms with E-state index in [0.717, 1.165) is 33.3 Å². The van der Waals surface area contributed by atoms with E-state index in [4.69, 9.17) is 4.42 Å². The Balaban J connectivity index is 1.25. The molecule has 7 aromatic carbocycles. The van der Waals surface area contributed by atoms with Crippen LogP contribution in [0.1, 0.15) is 30.5 Å². The van der Waals surface area contributed by atoms with Crippen LogP contribution in [0.15, 0.2) is 150 Å². The van der Waals surface area contributed by atoms with E-state index in [9.17, 15) is 0 Å². The lowest BCUT2D eigenvalue weighted by molar-refractivity contribution is 0.660. The lowest BCUT2D eigenvalue weighted by Crippen LogP contribution is -2.16. The highest BCUT2D eigenvalue weighted by molar-refractivity contribution is 7.26. The SMILES string of the molecule is Cc1ccc2sc3cccc(N(c4ccc5c(c4)C(C)(C)c4ccc(-c6ccccc6)cc4-5)c4cccc5oc6ccccc6c45)c3c2c1. The van der Waals surface area contributed by atoms with Gasteiger partial charge in [-0.05, 0) is 101 Å². The topological polar surface area (TPSA) is 16.4 Å². The van der Waals surface area contributed by atoms with Crippen LogP contribution in [0.4, 0.5) is 17.1 Å². The number of rotatable bonds is 4. The molecule has 0 amide bonds. The molecule has 0 bridgehead atoms. The lowest BCUT2D eigenvalue weighted by atomic mass is 9.82. The minimum atomic E-state index is -0.159. The van der Waals surface area contributed by atoms with E-state index in [0.29, 0.717) is 0 Å². The van der Waals surface area contributed by atoms with E-state index in [-0.39, 0.29) is 5.41 Å². The van der Waals surface area contributed by atoms with Crippen LogP contribution >= 0.6 is 11.3 Å². The van der Waals surface area contributed by atoms with Crippen molar-refractivity contribution in [3.05, 3.63) is 162 Å². The van der Waals surface area contributed by atoms with Gasteiger partial charge in [-0.25, -0.2) is 0 Å². The van der Waals surface area contributed by atoms with Crippen LogP contribution in [0, 0.1) is 6.92 Å². The van der Waals surface area contributed by atoms with Gasteiger partial charge in [-0.1, -0.05) is 104 Å². The predicted molar refractivity (Wildman–Crippen MR) is 209 cm³/mol. The molecule has 3 heteroatoms. The summed E-state index contributed by atoms with van der Waals surface area (Å²) in [5.74, 6) is 0. The zero-order chi connectivity index (χ0) is 32.9. The van der Waals surface area contributed by atoms with Crippen LogP contribution in [0.5, 0.6) is 0 Å². The van der Waals surface area contributed by atoms with Crippen LogP contribution in [-0.2, 0) is 5.41 Å². The summed E-state index contributed by atoms with van der Waals surface area (Å²) in [5.41, 5.74) is 14.2. The van der Waals surface area contributed by atoms with Gasteiger partial charge in [0.05, 0.1) is 16.8 Å². The summed E-state index contributed by atoms with van der Waals surface area (Å²) in [5, 5.41) is 4.83. The van der Waals surface area contributed by atoms with E-state index < -0.39 is 0 Å². The first-order valence-electron chi connectivity index (χ1n) is 16.9. The fourth-order valence-corrected chi connectivity index (χ4v) is 9.26. The van der Waals surface area contributed by atoms with Gasteiger partial charge in [0.2, 0.25) is 0 Å². The average Bonchev–Trinajstić information content (AvgIpc) is 3.77. The van der Waals surface area contributed by atoms with Crippen molar-refractivity contribution < 1.29 is 4.42 Å². The van der Waals surface area contributed by atoms with Crippen molar-refractivity contribution in [2.45, 2.75) is 26.2 Å².